The largest absolute Gasteiger partial charge is 0.512 e. The van der Waals surface area contributed by atoms with Crippen LogP contribution in [0.15, 0.2) is 66.4 Å². The Morgan fingerprint density at radius 2 is 1.56 bits per heavy atom. The summed E-state index contributed by atoms with van der Waals surface area (Å²) < 4.78 is 0. The molecule has 1 N–H and O–H groups in total. The topological polar surface area (TPSA) is 50.2 Å². The van der Waals surface area contributed by atoms with E-state index >= 15 is 0 Å². The number of benzene rings is 3. The molecule has 3 aromatic carbocycles. The third-order valence-corrected chi connectivity index (χ3v) is 8.56. The predicted molar refractivity (Wildman–Crippen MR) is 186 cm³/mol. The molecule has 0 saturated carbocycles. The summed E-state index contributed by atoms with van der Waals surface area (Å²) in [7, 11) is 0. The monoisotopic (exact) mass is 781 g/mol. The summed E-state index contributed by atoms with van der Waals surface area (Å²) in [5.41, 5.74) is 12.7. The quantitative estimate of drug-likeness (QED) is 0.110. The Morgan fingerprint density at radius 1 is 0.889 bits per heavy atom. The molecule has 0 aliphatic heterocycles. The van der Waals surface area contributed by atoms with Crippen LogP contribution in [-0.4, -0.2) is 15.9 Å². The van der Waals surface area contributed by atoms with Crippen molar-refractivity contribution in [2.24, 2.45) is 17.8 Å². The van der Waals surface area contributed by atoms with Crippen LogP contribution in [0.1, 0.15) is 96.0 Å². The Morgan fingerprint density at radius 3 is 2.20 bits per heavy atom. The number of rotatable bonds is 8. The number of pyridine rings is 1. The van der Waals surface area contributed by atoms with Gasteiger partial charge >= 0.3 is 0 Å². The van der Waals surface area contributed by atoms with E-state index in [4.69, 9.17) is 4.98 Å². The van der Waals surface area contributed by atoms with Crippen LogP contribution in [0.5, 0.6) is 0 Å². The SMILES string of the molecule is CC(C)CC(=O)/C=C(\O)CC(C)C.Cc1cc[c-]c(-c2cc(CC(C)C)c3cc4c(cc3n2)C(C)(C)c2ccccc2-4)c1C.[Ir]. The molecule has 0 unspecified atom stereocenters. The zero-order valence-corrected chi connectivity index (χ0v) is 31.2. The maximum atomic E-state index is 11.2. The van der Waals surface area contributed by atoms with Crippen molar-refractivity contribution >= 4 is 16.7 Å². The van der Waals surface area contributed by atoms with Gasteiger partial charge in [0.05, 0.1) is 11.3 Å². The van der Waals surface area contributed by atoms with E-state index in [-0.39, 0.29) is 37.1 Å². The summed E-state index contributed by atoms with van der Waals surface area (Å²) in [5, 5.41) is 10.6. The molecule has 1 aromatic heterocycles. The van der Waals surface area contributed by atoms with Crippen molar-refractivity contribution in [2.45, 2.75) is 93.9 Å². The fraction of sp³-hybridized carbons (Fsp3) is 0.415. The van der Waals surface area contributed by atoms with Gasteiger partial charge in [-0.05, 0) is 69.8 Å². The normalized spacial score (nSPS) is 13.4. The van der Waals surface area contributed by atoms with Gasteiger partial charge in [-0.2, -0.15) is 0 Å². The van der Waals surface area contributed by atoms with E-state index in [0.29, 0.717) is 30.6 Å². The number of hydrogen-bond acceptors (Lipinski definition) is 3. The van der Waals surface area contributed by atoms with E-state index in [0.717, 1.165) is 23.2 Å². The van der Waals surface area contributed by atoms with Crippen molar-refractivity contribution in [3.8, 4) is 22.4 Å². The van der Waals surface area contributed by atoms with Gasteiger partial charge in [0.25, 0.3) is 0 Å². The van der Waals surface area contributed by atoms with Crippen molar-refractivity contribution < 1.29 is 30.0 Å². The fourth-order valence-electron chi connectivity index (χ4n) is 6.30. The van der Waals surface area contributed by atoms with Crippen LogP contribution in [-0.2, 0) is 36.7 Å². The molecule has 4 aromatic rings. The second-order valence-corrected chi connectivity index (χ2v) is 14.3. The van der Waals surface area contributed by atoms with Crippen molar-refractivity contribution in [3.05, 3.63) is 100 Å². The first-order valence-electron chi connectivity index (χ1n) is 16.2. The van der Waals surface area contributed by atoms with Gasteiger partial charge in [0, 0.05) is 49.8 Å². The summed E-state index contributed by atoms with van der Waals surface area (Å²) in [4.78, 5) is 16.4. The molecule has 0 fully saturated rings. The zero-order chi connectivity index (χ0) is 32.3. The molecule has 3 nitrogen and oxygen atoms in total. The molecule has 1 aliphatic rings. The predicted octanol–water partition coefficient (Wildman–Crippen LogP) is 10.9. The van der Waals surface area contributed by atoms with Crippen molar-refractivity contribution in [3.63, 3.8) is 0 Å². The minimum atomic E-state index is -0.0125. The van der Waals surface area contributed by atoms with E-state index in [1.165, 1.54) is 50.4 Å². The molecule has 5 rings (SSSR count). The number of ketones is 1. The summed E-state index contributed by atoms with van der Waals surface area (Å²) in [6.07, 6.45) is 3.51. The number of aliphatic hydroxyl groups is 1. The number of aryl methyl sites for hydroxylation is 1. The summed E-state index contributed by atoms with van der Waals surface area (Å²) in [6, 6.07) is 23.5. The zero-order valence-electron chi connectivity index (χ0n) is 28.8. The van der Waals surface area contributed by atoms with E-state index in [9.17, 15) is 9.90 Å². The first kappa shape index (κ1) is 36.4. The van der Waals surface area contributed by atoms with Crippen molar-refractivity contribution in [1.29, 1.82) is 0 Å². The van der Waals surface area contributed by atoms with Crippen LogP contribution >= 0.6 is 0 Å². The number of allylic oxidation sites excluding steroid dienone is 2. The van der Waals surface area contributed by atoms with Crippen LogP contribution in [0.25, 0.3) is 33.3 Å². The average Bonchev–Trinajstić information content (AvgIpc) is 3.14. The van der Waals surface area contributed by atoms with Crippen LogP contribution in [0.4, 0.5) is 0 Å². The Bertz CT molecular complexity index is 1690. The second-order valence-electron chi connectivity index (χ2n) is 14.3. The fourth-order valence-corrected chi connectivity index (χ4v) is 6.30. The van der Waals surface area contributed by atoms with Gasteiger partial charge < -0.3 is 5.11 Å². The first-order valence-corrected chi connectivity index (χ1v) is 16.2. The van der Waals surface area contributed by atoms with Gasteiger partial charge in [-0.1, -0.05) is 99.6 Å². The van der Waals surface area contributed by atoms with E-state index in [1.807, 2.05) is 33.8 Å². The molecular formula is C41H50IrNO2-. The maximum absolute atomic E-state index is 11.2. The summed E-state index contributed by atoms with van der Waals surface area (Å²) in [5.74, 6) is 1.56. The average molecular weight is 781 g/mol. The van der Waals surface area contributed by atoms with Gasteiger partial charge in [-0.3, -0.25) is 9.78 Å². The minimum absolute atomic E-state index is 0. The molecule has 0 amide bonds. The summed E-state index contributed by atoms with van der Waals surface area (Å²) >= 11 is 0. The molecule has 0 bridgehead atoms. The first-order chi connectivity index (χ1) is 20.7. The molecule has 241 valence electrons. The minimum Gasteiger partial charge on any atom is -0.512 e. The Labute approximate surface area is 284 Å². The van der Waals surface area contributed by atoms with Crippen molar-refractivity contribution in [1.82, 2.24) is 4.98 Å². The van der Waals surface area contributed by atoms with Crippen molar-refractivity contribution in [2.75, 3.05) is 0 Å². The van der Waals surface area contributed by atoms with Crippen LogP contribution in [0.2, 0.25) is 0 Å². The Kier molecular flexibility index (Phi) is 12.1. The Balaban J connectivity index is 0.000000338. The number of fused-ring (bicyclic) bond motifs is 4. The van der Waals surface area contributed by atoms with Crippen LogP contribution in [0, 0.1) is 37.7 Å². The van der Waals surface area contributed by atoms with Gasteiger partial charge in [0.1, 0.15) is 0 Å². The van der Waals surface area contributed by atoms with Crippen LogP contribution < -0.4 is 0 Å². The number of carbonyl (C=O) groups excluding carboxylic acids is 1. The Hall–Kier alpha value is -3.07. The number of aromatic nitrogens is 1. The molecule has 1 heterocycles. The summed E-state index contributed by atoms with van der Waals surface area (Å²) in [6.45, 7) is 21.6. The molecule has 1 aliphatic carbocycles. The third-order valence-electron chi connectivity index (χ3n) is 8.56. The third kappa shape index (κ3) is 8.40. The van der Waals surface area contributed by atoms with E-state index < -0.39 is 0 Å². The molecule has 45 heavy (non-hydrogen) atoms. The molecule has 0 atom stereocenters. The molecule has 4 heteroatoms. The van der Waals surface area contributed by atoms with Gasteiger partial charge in [-0.25, -0.2) is 0 Å². The molecule has 0 saturated heterocycles. The van der Waals surface area contributed by atoms with E-state index in [1.54, 1.807) is 0 Å². The second kappa shape index (κ2) is 15.0. The molecule has 1 radical (unpaired) electrons. The number of nitrogens with zero attached hydrogens (tertiary/aromatic N) is 1. The van der Waals surface area contributed by atoms with Gasteiger partial charge in [0.15, 0.2) is 5.78 Å². The van der Waals surface area contributed by atoms with E-state index in [2.05, 4.69) is 96.1 Å². The molecule has 0 spiro atoms. The van der Waals surface area contributed by atoms with Gasteiger partial charge in [-0.15, -0.1) is 34.9 Å². The number of aliphatic hydroxyl groups excluding tert-OH is 1. The smallest absolute Gasteiger partial charge is 0.159 e. The standard InChI is InChI=1S/C30H30N.C11H20O2.Ir/c1-18(2)14-21-15-28(22-12-9-10-19(3)20(22)4)31-29-17-27-25(16-24(21)29)23-11-7-8-13-26(23)30(27,5)6;1-8(2)5-10(12)7-11(13)6-9(3)4;/h7-11,13,15-18H,14H2,1-6H3;7-9,12H,5-6H2,1-4H3;/q-1;;/b;10-7-;. The molecular weight excluding hydrogens is 731 g/mol. The maximum Gasteiger partial charge on any atom is 0.159 e. The van der Waals surface area contributed by atoms with Crippen LogP contribution in [0.3, 0.4) is 0 Å². The van der Waals surface area contributed by atoms with Gasteiger partial charge in [0.2, 0.25) is 0 Å². The number of hydrogen-bond donors (Lipinski definition) is 1. The number of carbonyl (C=O) groups is 1.